The molecule has 7 heteroatoms. The maximum atomic E-state index is 13.8. The summed E-state index contributed by atoms with van der Waals surface area (Å²) in [5.41, 5.74) is -0.0354. The van der Waals surface area contributed by atoms with E-state index in [1.165, 1.54) is 7.11 Å². The number of benzene rings is 1. The van der Waals surface area contributed by atoms with Gasteiger partial charge in [-0.3, -0.25) is 9.59 Å². The molecule has 1 heterocycles. The van der Waals surface area contributed by atoms with Crippen LogP contribution in [-0.2, 0) is 14.3 Å². The number of ether oxygens (including phenoxy) is 2. The second-order valence-corrected chi connectivity index (χ2v) is 4.27. The van der Waals surface area contributed by atoms with E-state index in [0.717, 1.165) is 12.1 Å². The van der Waals surface area contributed by atoms with E-state index in [1.54, 1.807) is 6.92 Å². The first kappa shape index (κ1) is 16.9. The summed E-state index contributed by atoms with van der Waals surface area (Å²) >= 11 is 0. The lowest BCUT2D eigenvalue weighted by Crippen LogP contribution is -2.14. The Morgan fingerprint density at radius 2 is 1.95 bits per heavy atom. The summed E-state index contributed by atoms with van der Waals surface area (Å²) in [6.07, 6.45) is 0.127. The van der Waals surface area contributed by atoms with Gasteiger partial charge in [-0.15, -0.1) is 0 Å². The molecule has 116 valence electrons. The summed E-state index contributed by atoms with van der Waals surface area (Å²) in [6.45, 7) is 2.74. The number of hydrogen-bond donors (Lipinski definition) is 1. The SMILES string of the molecule is CCOc1cc(F)c([C@@H]2CNC(=O)C2)c(F)c1.COC=O. The van der Waals surface area contributed by atoms with Crippen LogP contribution in [0.15, 0.2) is 12.1 Å². The van der Waals surface area contributed by atoms with E-state index in [2.05, 4.69) is 10.1 Å². The second kappa shape index (κ2) is 8.18. The number of amides is 1. The fourth-order valence-electron chi connectivity index (χ4n) is 2.01. The van der Waals surface area contributed by atoms with Gasteiger partial charge in [-0.2, -0.15) is 0 Å². The molecule has 1 aromatic rings. The standard InChI is InChI=1S/C12H13F2NO2.C2H4O2/c1-2-17-8-4-9(13)12(10(14)5-8)7-3-11(16)15-6-7;1-4-2-3/h4-5,7H,2-3,6H2,1H3,(H,15,16);2H,1H3/t7-;/m0./s1. The number of carbonyl (C=O) groups excluding carboxylic acids is 2. The summed E-state index contributed by atoms with van der Waals surface area (Å²) in [6, 6.07) is 2.31. The first-order valence-corrected chi connectivity index (χ1v) is 6.38. The Bertz CT molecular complexity index is 485. The third kappa shape index (κ3) is 4.70. The highest BCUT2D eigenvalue weighted by molar-refractivity contribution is 5.79. The Morgan fingerprint density at radius 3 is 2.33 bits per heavy atom. The van der Waals surface area contributed by atoms with Crippen molar-refractivity contribution in [1.82, 2.24) is 5.32 Å². The van der Waals surface area contributed by atoms with Crippen molar-refractivity contribution in [1.29, 1.82) is 0 Å². The molecule has 1 fully saturated rings. The van der Waals surface area contributed by atoms with Crippen molar-refractivity contribution in [2.45, 2.75) is 19.3 Å². The number of hydrogen-bond acceptors (Lipinski definition) is 4. The molecule has 0 aromatic heterocycles. The molecule has 0 saturated carbocycles. The zero-order valence-electron chi connectivity index (χ0n) is 11.8. The van der Waals surface area contributed by atoms with E-state index in [4.69, 9.17) is 9.53 Å². The van der Waals surface area contributed by atoms with Crippen LogP contribution in [0.4, 0.5) is 8.78 Å². The van der Waals surface area contributed by atoms with Gasteiger partial charge in [-0.25, -0.2) is 8.78 Å². The minimum Gasteiger partial charge on any atom is -0.494 e. The van der Waals surface area contributed by atoms with Crippen LogP contribution in [0.1, 0.15) is 24.8 Å². The van der Waals surface area contributed by atoms with Gasteiger partial charge in [0.1, 0.15) is 17.4 Å². The van der Waals surface area contributed by atoms with Gasteiger partial charge in [0.2, 0.25) is 5.91 Å². The summed E-state index contributed by atoms with van der Waals surface area (Å²) in [7, 11) is 1.31. The number of rotatable bonds is 4. The van der Waals surface area contributed by atoms with Gasteiger partial charge in [-0.05, 0) is 6.92 Å². The lowest BCUT2D eigenvalue weighted by molar-refractivity contribution is -0.126. The van der Waals surface area contributed by atoms with Crippen LogP contribution in [0, 0.1) is 11.6 Å². The molecule has 1 aliphatic rings. The largest absolute Gasteiger partial charge is 0.494 e. The molecule has 2 rings (SSSR count). The topological polar surface area (TPSA) is 64.6 Å². The predicted molar refractivity (Wildman–Crippen MR) is 71.0 cm³/mol. The molecule has 1 amide bonds. The molecule has 21 heavy (non-hydrogen) atoms. The lowest BCUT2D eigenvalue weighted by atomic mass is 9.97. The van der Waals surface area contributed by atoms with Gasteiger partial charge in [0.25, 0.3) is 6.47 Å². The Hall–Kier alpha value is -2.18. The average molecular weight is 301 g/mol. The van der Waals surface area contributed by atoms with Crippen LogP contribution in [0.5, 0.6) is 5.75 Å². The molecule has 5 nitrogen and oxygen atoms in total. The molecule has 0 unspecified atom stereocenters. The second-order valence-electron chi connectivity index (χ2n) is 4.27. The van der Waals surface area contributed by atoms with Crippen molar-refractivity contribution in [3.8, 4) is 5.75 Å². The van der Waals surface area contributed by atoms with E-state index < -0.39 is 17.6 Å². The highest BCUT2D eigenvalue weighted by atomic mass is 19.1. The Labute approximate surface area is 121 Å². The monoisotopic (exact) mass is 301 g/mol. The third-order valence-corrected chi connectivity index (χ3v) is 2.85. The van der Waals surface area contributed by atoms with E-state index in [-0.39, 0.29) is 30.2 Å². The van der Waals surface area contributed by atoms with Crippen molar-refractivity contribution in [2.24, 2.45) is 0 Å². The molecule has 1 saturated heterocycles. The van der Waals surface area contributed by atoms with Gasteiger partial charge >= 0.3 is 0 Å². The molecular formula is C14H17F2NO4. The number of carbonyl (C=O) groups is 2. The molecule has 1 atom stereocenters. The highest BCUT2D eigenvalue weighted by Gasteiger charge is 2.28. The molecule has 0 aliphatic carbocycles. The van der Waals surface area contributed by atoms with Crippen LogP contribution in [0.3, 0.4) is 0 Å². The Morgan fingerprint density at radius 1 is 1.38 bits per heavy atom. The quantitative estimate of drug-likeness (QED) is 0.861. The van der Waals surface area contributed by atoms with E-state index in [9.17, 15) is 13.6 Å². The van der Waals surface area contributed by atoms with Gasteiger partial charge in [0.15, 0.2) is 0 Å². The summed E-state index contributed by atoms with van der Waals surface area (Å²) in [5, 5.41) is 2.56. The van der Waals surface area contributed by atoms with E-state index >= 15 is 0 Å². The first-order chi connectivity index (χ1) is 10.0. The van der Waals surface area contributed by atoms with Crippen LogP contribution in [-0.4, -0.2) is 32.6 Å². The van der Waals surface area contributed by atoms with Crippen LogP contribution in [0.2, 0.25) is 0 Å². The fraction of sp³-hybridized carbons (Fsp3) is 0.429. The summed E-state index contributed by atoms with van der Waals surface area (Å²) in [5.74, 6) is -1.76. The van der Waals surface area contributed by atoms with Crippen molar-refractivity contribution >= 4 is 12.4 Å². The molecular weight excluding hydrogens is 284 g/mol. The number of methoxy groups -OCH3 is 1. The van der Waals surface area contributed by atoms with E-state index in [0.29, 0.717) is 13.1 Å². The molecule has 0 radical (unpaired) electrons. The first-order valence-electron chi connectivity index (χ1n) is 6.38. The fourth-order valence-corrected chi connectivity index (χ4v) is 2.01. The Kier molecular flexibility index (Phi) is 6.58. The summed E-state index contributed by atoms with van der Waals surface area (Å²) in [4.78, 5) is 20.0. The van der Waals surface area contributed by atoms with Crippen molar-refractivity contribution < 1.29 is 27.8 Å². The highest BCUT2D eigenvalue weighted by Crippen LogP contribution is 2.30. The number of nitrogens with one attached hydrogen (secondary N) is 1. The average Bonchev–Trinajstić information content (AvgIpc) is 2.85. The van der Waals surface area contributed by atoms with E-state index in [1.807, 2.05) is 0 Å². The number of halogens is 2. The zero-order valence-corrected chi connectivity index (χ0v) is 11.8. The minimum absolute atomic E-state index is 0.0354. The van der Waals surface area contributed by atoms with Gasteiger partial charge in [0, 0.05) is 36.6 Å². The van der Waals surface area contributed by atoms with Crippen LogP contribution in [0.25, 0.3) is 0 Å². The van der Waals surface area contributed by atoms with Crippen LogP contribution >= 0.6 is 0 Å². The smallest absolute Gasteiger partial charge is 0.292 e. The zero-order chi connectivity index (χ0) is 15.8. The molecule has 1 aromatic carbocycles. The maximum absolute atomic E-state index is 13.8. The predicted octanol–water partition coefficient (Wildman–Crippen LogP) is 1.76. The Balaban J connectivity index is 0.000000491. The van der Waals surface area contributed by atoms with Gasteiger partial charge in [0.05, 0.1) is 13.7 Å². The maximum Gasteiger partial charge on any atom is 0.292 e. The molecule has 1 N–H and O–H groups in total. The van der Waals surface area contributed by atoms with Crippen molar-refractivity contribution in [3.05, 3.63) is 29.3 Å². The third-order valence-electron chi connectivity index (χ3n) is 2.85. The minimum atomic E-state index is -0.657. The molecule has 0 bridgehead atoms. The molecule has 1 aliphatic heterocycles. The molecule has 0 spiro atoms. The van der Waals surface area contributed by atoms with Gasteiger partial charge < -0.3 is 14.8 Å². The van der Waals surface area contributed by atoms with Crippen LogP contribution < -0.4 is 10.1 Å². The summed E-state index contributed by atoms with van der Waals surface area (Å²) < 4.78 is 36.4. The van der Waals surface area contributed by atoms with Crippen molar-refractivity contribution in [2.75, 3.05) is 20.3 Å². The van der Waals surface area contributed by atoms with Gasteiger partial charge in [-0.1, -0.05) is 0 Å². The normalized spacial score (nSPS) is 16.6. The van der Waals surface area contributed by atoms with Crippen molar-refractivity contribution in [3.63, 3.8) is 0 Å². The lowest BCUT2D eigenvalue weighted by Gasteiger charge is -2.12.